The zero-order valence-corrected chi connectivity index (χ0v) is 19.5. The van der Waals surface area contributed by atoms with E-state index in [1.807, 2.05) is 0 Å². The van der Waals surface area contributed by atoms with Crippen molar-refractivity contribution in [2.75, 3.05) is 19.0 Å². The fraction of sp³-hybridized carbons (Fsp3) is 0.125. The summed E-state index contributed by atoms with van der Waals surface area (Å²) < 4.78 is 10.9. The van der Waals surface area contributed by atoms with Crippen LogP contribution in [0.3, 0.4) is 0 Å². The number of aryl methyl sites for hydroxylation is 1. The summed E-state index contributed by atoms with van der Waals surface area (Å²) in [5, 5.41) is 13.4. The molecule has 0 aliphatic carbocycles. The van der Waals surface area contributed by atoms with Crippen LogP contribution in [0.2, 0.25) is 0 Å². The maximum Gasteiger partial charge on any atom is 0.294 e. The Balaban J connectivity index is 1.49. The van der Waals surface area contributed by atoms with Gasteiger partial charge in [0.05, 0.1) is 28.2 Å². The van der Waals surface area contributed by atoms with Gasteiger partial charge in [-0.3, -0.25) is 29.4 Å². The Labute approximate surface area is 203 Å². The summed E-state index contributed by atoms with van der Waals surface area (Å²) in [5.41, 5.74) is 1.33. The lowest BCUT2D eigenvalue weighted by molar-refractivity contribution is -0.384. The Kier molecular flexibility index (Phi) is 6.69. The van der Waals surface area contributed by atoms with Crippen LogP contribution >= 0.6 is 11.8 Å². The van der Waals surface area contributed by atoms with Gasteiger partial charge >= 0.3 is 0 Å². The number of nitro groups is 1. The number of methoxy groups -OCH3 is 1. The van der Waals surface area contributed by atoms with Crippen LogP contribution in [0.5, 0.6) is 5.75 Å². The van der Waals surface area contributed by atoms with E-state index in [0.717, 1.165) is 10.5 Å². The minimum absolute atomic E-state index is 0.0689. The molecule has 11 heteroatoms. The number of para-hydroxylation sites is 2. The zero-order valence-electron chi connectivity index (χ0n) is 18.6. The first-order valence-electron chi connectivity index (χ1n) is 10.3. The number of carbonyl (C=O) groups excluding carboxylic acids is 3. The summed E-state index contributed by atoms with van der Waals surface area (Å²) in [7, 11) is 1.46. The van der Waals surface area contributed by atoms with Gasteiger partial charge in [0, 0.05) is 12.1 Å². The molecule has 2 heterocycles. The summed E-state index contributed by atoms with van der Waals surface area (Å²) in [6.07, 6.45) is 1.37. The average Bonchev–Trinajstić information content (AvgIpc) is 3.39. The number of rotatable bonds is 7. The van der Waals surface area contributed by atoms with Crippen LogP contribution in [0.4, 0.5) is 16.2 Å². The molecule has 1 aliphatic heterocycles. The molecule has 0 atom stereocenters. The van der Waals surface area contributed by atoms with E-state index in [0.29, 0.717) is 28.8 Å². The molecule has 10 nitrogen and oxygen atoms in total. The molecule has 2 aromatic carbocycles. The van der Waals surface area contributed by atoms with Crippen molar-refractivity contribution in [1.29, 1.82) is 0 Å². The van der Waals surface area contributed by atoms with Crippen molar-refractivity contribution in [2.45, 2.75) is 6.92 Å². The van der Waals surface area contributed by atoms with Crippen molar-refractivity contribution in [3.63, 3.8) is 0 Å². The van der Waals surface area contributed by atoms with Crippen LogP contribution in [0.25, 0.3) is 17.4 Å². The Morgan fingerprint density at radius 2 is 1.97 bits per heavy atom. The summed E-state index contributed by atoms with van der Waals surface area (Å²) >= 11 is 0.673. The highest BCUT2D eigenvalue weighted by atomic mass is 32.2. The quantitative estimate of drug-likeness (QED) is 0.281. The molecule has 0 saturated carbocycles. The summed E-state index contributed by atoms with van der Waals surface area (Å²) in [6, 6.07) is 14.6. The smallest absolute Gasteiger partial charge is 0.294 e. The Morgan fingerprint density at radius 1 is 1.20 bits per heavy atom. The van der Waals surface area contributed by atoms with Gasteiger partial charge in [-0.15, -0.1) is 0 Å². The third-order valence-corrected chi connectivity index (χ3v) is 5.98. The largest absolute Gasteiger partial charge is 0.495 e. The lowest BCUT2D eigenvalue weighted by Gasteiger charge is -2.14. The van der Waals surface area contributed by atoms with E-state index in [4.69, 9.17) is 9.15 Å². The number of ether oxygens (including phenoxy) is 1. The van der Waals surface area contributed by atoms with Gasteiger partial charge in [0.1, 0.15) is 23.8 Å². The molecule has 1 saturated heterocycles. The predicted molar refractivity (Wildman–Crippen MR) is 130 cm³/mol. The van der Waals surface area contributed by atoms with Crippen LogP contribution < -0.4 is 10.1 Å². The molecule has 3 aromatic rings. The van der Waals surface area contributed by atoms with E-state index >= 15 is 0 Å². The molecule has 1 fully saturated rings. The zero-order chi connectivity index (χ0) is 25.1. The average molecular weight is 493 g/mol. The number of nitro benzene ring substituents is 1. The van der Waals surface area contributed by atoms with Crippen molar-refractivity contribution in [3.05, 3.63) is 80.9 Å². The molecule has 0 unspecified atom stereocenters. The third-order valence-electron chi connectivity index (χ3n) is 5.07. The molecule has 1 N–H and O–H groups in total. The number of thioether (sulfide) groups is 1. The molecule has 1 aliphatic rings. The first-order valence-corrected chi connectivity index (χ1v) is 11.1. The fourth-order valence-electron chi connectivity index (χ4n) is 3.42. The third kappa shape index (κ3) is 5.09. The van der Waals surface area contributed by atoms with Crippen molar-refractivity contribution in [1.82, 2.24) is 4.90 Å². The molecule has 0 spiro atoms. The number of amides is 3. The highest BCUT2D eigenvalue weighted by Gasteiger charge is 2.36. The van der Waals surface area contributed by atoms with Crippen LogP contribution in [0.1, 0.15) is 11.3 Å². The minimum atomic E-state index is -0.644. The predicted octanol–water partition coefficient (Wildman–Crippen LogP) is 4.85. The molecule has 35 heavy (non-hydrogen) atoms. The normalized spacial score (nSPS) is 14.5. The van der Waals surface area contributed by atoms with E-state index in [-0.39, 0.29) is 22.1 Å². The standard InChI is InChI=1S/C24H19N3O7S/c1-14-7-9-16(18(11-14)27(31)32)19-10-8-15(34-19)12-21-23(29)26(24(30)35-21)13-22(28)25-17-5-3-4-6-20(17)33-2/h3-12H,13H2,1-2H3,(H,25,28)/b21-12+. The van der Waals surface area contributed by atoms with E-state index in [1.165, 1.54) is 19.3 Å². The van der Waals surface area contributed by atoms with E-state index in [2.05, 4.69) is 5.32 Å². The van der Waals surface area contributed by atoms with Gasteiger partial charge in [-0.25, -0.2) is 0 Å². The van der Waals surface area contributed by atoms with Crippen LogP contribution in [0.15, 0.2) is 63.9 Å². The number of imide groups is 1. The van der Waals surface area contributed by atoms with Crippen molar-refractivity contribution >= 4 is 46.3 Å². The van der Waals surface area contributed by atoms with Crippen LogP contribution in [0, 0.1) is 17.0 Å². The van der Waals surface area contributed by atoms with Crippen molar-refractivity contribution < 1.29 is 28.5 Å². The molecule has 4 rings (SSSR count). The molecular formula is C24H19N3O7S. The number of benzene rings is 2. The second-order valence-electron chi connectivity index (χ2n) is 7.50. The second-order valence-corrected chi connectivity index (χ2v) is 8.49. The maximum atomic E-state index is 12.8. The number of hydrogen-bond acceptors (Lipinski definition) is 8. The second kappa shape index (κ2) is 9.85. The number of furan rings is 1. The first kappa shape index (κ1) is 23.8. The van der Waals surface area contributed by atoms with E-state index in [1.54, 1.807) is 55.5 Å². The van der Waals surface area contributed by atoms with E-state index in [9.17, 15) is 24.5 Å². The minimum Gasteiger partial charge on any atom is -0.495 e. The lowest BCUT2D eigenvalue weighted by Crippen LogP contribution is -2.36. The lowest BCUT2D eigenvalue weighted by atomic mass is 10.1. The number of hydrogen-bond donors (Lipinski definition) is 1. The SMILES string of the molecule is COc1ccccc1NC(=O)CN1C(=O)S/C(=C/c2ccc(-c3ccc(C)cc3[N+](=O)[O-])o2)C1=O. The van der Waals surface area contributed by atoms with Crippen molar-refractivity contribution in [3.8, 4) is 17.1 Å². The van der Waals surface area contributed by atoms with Crippen molar-refractivity contribution in [2.24, 2.45) is 0 Å². The number of nitrogens with one attached hydrogen (secondary N) is 1. The fourth-order valence-corrected chi connectivity index (χ4v) is 4.24. The molecule has 3 amide bonds. The molecule has 0 bridgehead atoms. The van der Waals surface area contributed by atoms with Crippen LogP contribution in [-0.4, -0.2) is 40.5 Å². The van der Waals surface area contributed by atoms with Gasteiger partial charge in [-0.1, -0.05) is 18.2 Å². The molecule has 1 aromatic heterocycles. The molecule has 0 radical (unpaired) electrons. The summed E-state index contributed by atoms with van der Waals surface area (Å²) in [6.45, 7) is 1.27. The first-order chi connectivity index (χ1) is 16.8. The number of carbonyl (C=O) groups is 3. The van der Waals surface area contributed by atoms with E-state index < -0.39 is 28.5 Å². The molecule has 178 valence electrons. The van der Waals surface area contributed by atoms with Gasteiger partial charge in [-0.05, 0) is 54.6 Å². The topological polar surface area (TPSA) is 132 Å². The Hall–Kier alpha value is -4.38. The van der Waals surface area contributed by atoms with Gasteiger partial charge in [0.15, 0.2) is 0 Å². The maximum absolute atomic E-state index is 12.8. The summed E-state index contributed by atoms with van der Waals surface area (Å²) in [4.78, 5) is 49.4. The monoisotopic (exact) mass is 493 g/mol. The summed E-state index contributed by atoms with van der Waals surface area (Å²) in [5.74, 6) is -0.283. The van der Waals surface area contributed by atoms with Crippen LogP contribution in [-0.2, 0) is 9.59 Å². The number of nitrogens with zero attached hydrogens (tertiary/aromatic N) is 2. The van der Waals surface area contributed by atoms with Gasteiger partial charge < -0.3 is 14.5 Å². The Morgan fingerprint density at radius 3 is 2.71 bits per heavy atom. The van der Waals surface area contributed by atoms with Gasteiger partial charge in [0.25, 0.3) is 16.8 Å². The molecular weight excluding hydrogens is 474 g/mol. The highest BCUT2D eigenvalue weighted by molar-refractivity contribution is 8.18. The number of anilines is 1. The highest BCUT2D eigenvalue weighted by Crippen LogP contribution is 2.35. The Bertz CT molecular complexity index is 1380. The van der Waals surface area contributed by atoms with Gasteiger partial charge in [-0.2, -0.15) is 0 Å². The van der Waals surface area contributed by atoms with Gasteiger partial charge in [0.2, 0.25) is 5.91 Å².